The number of allylic oxidation sites excluding steroid dienone is 5. The van der Waals surface area contributed by atoms with Crippen molar-refractivity contribution in [3.8, 4) is 0 Å². The summed E-state index contributed by atoms with van der Waals surface area (Å²) in [4.78, 5) is 6.99. The highest BCUT2D eigenvalue weighted by Crippen LogP contribution is 2.44. The fourth-order valence-corrected chi connectivity index (χ4v) is 4.38. The normalized spacial score (nSPS) is 19.0. The molecular weight excluding hydrogens is 366 g/mol. The first kappa shape index (κ1) is 21.9. The second kappa shape index (κ2) is 8.51. The van der Waals surface area contributed by atoms with Crippen LogP contribution in [0.1, 0.15) is 56.9 Å². The van der Waals surface area contributed by atoms with Crippen molar-refractivity contribution in [2.75, 3.05) is 0 Å². The van der Waals surface area contributed by atoms with Gasteiger partial charge in [0.15, 0.2) is 0 Å². The fourth-order valence-electron chi connectivity index (χ4n) is 4.38. The van der Waals surface area contributed by atoms with Gasteiger partial charge in [-0.15, -0.1) is 0 Å². The maximum absolute atomic E-state index is 5.41. The molecule has 1 unspecified atom stereocenters. The molecule has 0 aliphatic carbocycles. The summed E-state index contributed by atoms with van der Waals surface area (Å²) in [6.45, 7) is 20.4. The van der Waals surface area contributed by atoms with Gasteiger partial charge in [0, 0.05) is 29.7 Å². The van der Waals surface area contributed by atoms with E-state index in [0.717, 1.165) is 29.6 Å². The molecule has 2 aliphatic rings. The molecule has 3 heteroatoms. The third-order valence-corrected chi connectivity index (χ3v) is 6.06. The number of rotatable bonds is 5. The van der Waals surface area contributed by atoms with E-state index in [0.29, 0.717) is 12.6 Å². The zero-order valence-electron chi connectivity index (χ0n) is 19.1. The molecule has 0 aromatic heterocycles. The average Bonchev–Trinajstić information content (AvgIpc) is 2.68. The molecule has 2 N–H and O–H groups in total. The molecule has 0 bridgehead atoms. The van der Waals surface area contributed by atoms with Crippen molar-refractivity contribution in [2.24, 2.45) is 16.1 Å². The van der Waals surface area contributed by atoms with E-state index in [1.807, 2.05) is 0 Å². The van der Waals surface area contributed by atoms with Crippen molar-refractivity contribution < 1.29 is 0 Å². The Morgan fingerprint density at radius 3 is 2.63 bits per heavy atom. The average molecular weight is 402 g/mol. The van der Waals surface area contributed by atoms with Gasteiger partial charge in [-0.3, -0.25) is 4.99 Å². The number of hydrogen-bond acceptors (Lipinski definition) is 3. The van der Waals surface area contributed by atoms with E-state index in [-0.39, 0.29) is 5.41 Å². The van der Waals surface area contributed by atoms with Crippen LogP contribution in [0, 0.1) is 5.41 Å². The van der Waals surface area contributed by atoms with Gasteiger partial charge in [-0.25, -0.2) is 0 Å². The summed E-state index contributed by atoms with van der Waals surface area (Å²) in [6.07, 6.45) is 11.5. The SMILES string of the molecule is C=C(C)C1=CN2C(=CC1=C)c1cc(CC)c(CN=CC=CN)cc1CC2C(C)(C)C. The number of aryl methyl sites for hydroxylation is 1. The number of benzene rings is 1. The number of aliphatic imine (C=N–C) groups is 1. The Bertz CT molecular complexity index is 980. The Kier molecular flexibility index (Phi) is 6.21. The molecule has 158 valence electrons. The van der Waals surface area contributed by atoms with E-state index in [1.54, 1.807) is 12.3 Å². The van der Waals surface area contributed by atoms with Crippen LogP contribution in [0.3, 0.4) is 0 Å². The van der Waals surface area contributed by atoms with Gasteiger partial charge in [0.05, 0.1) is 6.54 Å². The van der Waals surface area contributed by atoms with Crippen LogP contribution in [0.15, 0.2) is 71.6 Å². The van der Waals surface area contributed by atoms with E-state index in [2.05, 4.69) is 82.1 Å². The first-order valence-electron chi connectivity index (χ1n) is 10.8. The predicted octanol–water partition coefficient (Wildman–Crippen LogP) is 5.94. The third-order valence-electron chi connectivity index (χ3n) is 6.06. The van der Waals surface area contributed by atoms with Crippen LogP contribution in [-0.2, 0) is 19.4 Å². The van der Waals surface area contributed by atoms with Crippen LogP contribution in [0.4, 0.5) is 0 Å². The van der Waals surface area contributed by atoms with E-state index in [4.69, 9.17) is 5.73 Å². The molecule has 0 saturated carbocycles. The molecule has 0 radical (unpaired) electrons. The van der Waals surface area contributed by atoms with Gasteiger partial charge in [-0.2, -0.15) is 0 Å². The molecule has 0 spiro atoms. The van der Waals surface area contributed by atoms with Crippen molar-refractivity contribution in [3.05, 3.63) is 88.8 Å². The summed E-state index contributed by atoms with van der Waals surface area (Å²) in [5.41, 5.74) is 15.4. The van der Waals surface area contributed by atoms with Crippen LogP contribution in [-0.4, -0.2) is 17.2 Å². The Labute approximate surface area is 182 Å². The fraction of sp³-hybridized carbons (Fsp3) is 0.370. The summed E-state index contributed by atoms with van der Waals surface area (Å²) < 4.78 is 0. The van der Waals surface area contributed by atoms with Crippen LogP contribution in [0.2, 0.25) is 0 Å². The second-order valence-electron chi connectivity index (χ2n) is 9.38. The van der Waals surface area contributed by atoms with Gasteiger partial charge >= 0.3 is 0 Å². The zero-order valence-corrected chi connectivity index (χ0v) is 19.1. The largest absolute Gasteiger partial charge is 0.405 e. The molecule has 1 aromatic carbocycles. The molecular formula is C27H35N3. The number of nitrogens with two attached hydrogens (primary N) is 1. The number of nitrogens with zero attached hydrogens (tertiary/aromatic N) is 2. The molecule has 30 heavy (non-hydrogen) atoms. The maximum atomic E-state index is 5.41. The van der Waals surface area contributed by atoms with E-state index in [1.165, 1.54) is 34.2 Å². The standard InChI is InChI=1S/C27H35N3/c1-8-20-14-23-21(13-22(20)16-29-11-9-10-28)15-26(27(5,6)7)30-17-24(18(2)3)19(4)12-25(23)30/h9-14,17,26H,2,4,8,15-16,28H2,1,3,5-7H3. The molecule has 0 fully saturated rings. The molecule has 1 aromatic rings. The quantitative estimate of drug-likeness (QED) is 0.621. The maximum Gasteiger partial charge on any atom is 0.0642 e. The van der Waals surface area contributed by atoms with Crippen molar-refractivity contribution in [1.82, 2.24) is 4.90 Å². The first-order chi connectivity index (χ1) is 14.2. The van der Waals surface area contributed by atoms with Crippen LogP contribution in [0.5, 0.6) is 0 Å². The van der Waals surface area contributed by atoms with E-state index < -0.39 is 0 Å². The van der Waals surface area contributed by atoms with Crippen molar-refractivity contribution in [2.45, 2.75) is 60.0 Å². The minimum absolute atomic E-state index is 0.125. The molecule has 0 saturated heterocycles. The van der Waals surface area contributed by atoms with Crippen molar-refractivity contribution in [1.29, 1.82) is 0 Å². The molecule has 2 aliphatic heterocycles. The minimum Gasteiger partial charge on any atom is -0.405 e. The highest BCUT2D eigenvalue weighted by atomic mass is 15.2. The van der Waals surface area contributed by atoms with E-state index in [9.17, 15) is 0 Å². The molecule has 1 atom stereocenters. The summed E-state index contributed by atoms with van der Waals surface area (Å²) in [7, 11) is 0. The molecule has 2 heterocycles. The zero-order chi connectivity index (χ0) is 22.1. The lowest BCUT2D eigenvalue weighted by molar-refractivity contribution is 0.189. The highest BCUT2D eigenvalue weighted by molar-refractivity contribution is 5.77. The van der Waals surface area contributed by atoms with Gasteiger partial charge in [0.2, 0.25) is 0 Å². The van der Waals surface area contributed by atoms with Crippen LogP contribution >= 0.6 is 0 Å². The van der Waals surface area contributed by atoms with Gasteiger partial charge in [0.1, 0.15) is 0 Å². The Morgan fingerprint density at radius 1 is 1.30 bits per heavy atom. The summed E-state index contributed by atoms with van der Waals surface area (Å²) in [5.74, 6) is 0. The number of fused-ring (bicyclic) bond motifs is 3. The van der Waals surface area contributed by atoms with Crippen LogP contribution in [0.25, 0.3) is 5.70 Å². The van der Waals surface area contributed by atoms with Gasteiger partial charge in [-0.1, -0.05) is 46.9 Å². The highest BCUT2D eigenvalue weighted by Gasteiger charge is 2.38. The lowest BCUT2D eigenvalue weighted by Gasteiger charge is -2.47. The topological polar surface area (TPSA) is 41.6 Å². The van der Waals surface area contributed by atoms with Crippen LogP contribution < -0.4 is 5.73 Å². The lowest BCUT2D eigenvalue weighted by Crippen LogP contribution is -2.45. The minimum atomic E-state index is 0.125. The monoisotopic (exact) mass is 401 g/mol. The summed E-state index contributed by atoms with van der Waals surface area (Å²) in [5, 5.41) is 0. The molecule has 3 rings (SSSR count). The van der Waals surface area contributed by atoms with E-state index >= 15 is 0 Å². The Balaban J connectivity index is 2.13. The van der Waals surface area contributed by atoms with Gasteiger partial charge in [0.25, 0.3) is 0 Å². The summed E-state index contributed by atoms with van der Waals surface area (Å²) in [6, 6.07) is 5.10. The Hall–Kier alpha value is -2.81. The van der Waals surface area contributed by atoms with Gasteiger partial charge < -0.3 is 10.6 Å². The predicted molar refractivity (Wildman–Crippen MR) is 130 cm³/mol. The second-order valence-corrected chi connectivity index (χ2v) is 9.38. The number of hydrogen-bond donors (Lipinski definition) is 1. The third kappa shape index (κ3) is 4.21. The molecule has 3 nitrogen and oxygen atoms in total. The summed E-state index contributed by atoms with van der Waals surface area (Å²) >= 11 is 0. The van der Waals surface area contributed by atoms with Crippen molar-refractivity contribution >= 4 is 11.9 Å². The smallest absolute Gasteiger partial charge is 0.0642 e. The Morgan fingerprint density at radius 2 is 2.03 bits per heavy atom. The van der Waals surface area contributed by atoms with Crippen molar-refractivity contribution in [3.63, 3.8) is 0 Å². The lowest BCUT2D eigenvalue weighted by atomic mass is 9.75. The first-order valence-corrected chi connectivity index (χ1v) is 10.8. The van der Waals surface area contributed by atoms with Gasteiger partial charge in [-0.05, 0) is 83.0 Å². The molecule has 0 amide bonds.